The van der Waals surface area contributed by atoms with Gasteiger partial charge in [-0.05, 0) is 18.4 Å². The third kappa shape index (κ3) is 3.26. The molecule has 2 aliphatic rings. The number of likely N-dealkylation sites (tertiary alicyclic amines) is 1. The summed E-state index contributed by atoms with van der Waals surface area (Å²) in [6, 6.07) is 10.3. The largest absolute Gasteiger partial charge is 0.349 e. The second-order valence-corrected chi connectivity index (χ2v) is 6.25. The van der Waals surface area contributed by atoms with Crippen molar-refractivity contribution in [1.82, 2.24) is 10.2 Å². The zero-order valence-corrected chi connectivity index (χ0v) is 12.4. The van der Waals surface area contributed by atoms with Crippen molar-refractivity contribution in [2.45, 2.75) is 50.4 Å². The number of amides is 1. The quantitative estimate of drug-likeness (QED) is 0.924. The van der Waals surface area contributed by atoms with E-state index in [4.69, 9.17) is 0 Å². The molecule has 1 saturated heterocycles. The summed E-state index contributed by atoms with van der Waals surface area (Å²) < 4.78 is 14.8. The van der Waals surface area contributed by atoms with E-state index in [2.05, 4.69) is 10.2 Å². The standard InChI is InChI=1S/C17H23FN2O/c18-17(9-11-20(12-10-17)15-7-4-8-15)16(21)19-13-14-5-2-1-3-6-14/h1-3,5-6,15H,4,7-13H2,(H,19,21). The van der Waals surface area contributed by atoms with Crippen LogP contribution in [0.25, 0.3) is 0 Å². The molecule has 114 valence electrons. The van der Waals surface area contributed by atoms with E-state index in [0.717, 1.165) is 5.56 Å². The molecular formula is C17H23FN2O. The van der Waals surface area contributed by atoms with Crippen LogP contribution in [0.2, 0.25) is 0 Å². The molecule has 1 aliphatic carbocycles. The van der Waals surface area contributed by atoms with E-state index in [-0.39, 0.29) is 0 Å². The van der Waals surface area contributed by atoms with Gasteiger partial charge in [0.25, 0.3) is 5.91 Å². The smallest absolute Gasteiger partial charge is 0.258 e. The van der Waals surface area contributed by atoms with Crippen LogP contribution in [0.4, 0.5) is 4.39 Å². The normalized spacial score (nSPS) is 22.5. The topological polar surface area (TPSA) is 32.3 Å². The SMILES string of the molecule is O=C(NCc1ccccc1)C1(F)CCN(C2CCC2)CC1. The Morgan fingerprint density at radius 3 is 2.48 bits per heavy atom. The van der Waals surface area contributed by atoms with Crippen LogP contribution in [-0.2, 0) is 11.3 Å². The Hall–Kier alpha value is -1.42. The summed E-state index contributed by atoms with van der Waals surface area (Å²) in [5.74, 6) is -0.445. The van der Waals surface area contributed by atoms with E-state index >= 15 is 0 Å². The molecule has 1 aliphatic heterocycles. The van der Waals surface area contributed by atoms with Gasteiger partial charge in [-0.1, -0.05) is 36.8 Å². The minimum absolute atomic E-state index is 0.324. The number of benzene rings is 1. The first-order valence-electron chi connectivity index (χ1n) is 7.93. The first-order chi connectivity index (χ1) is 10.2. The summed E-state index contributed by atoms with van der Waals surface area (Å²) in [5.41, 5.74) is -0.684. The van der Waals surface area contributed by atoms with Crippen molar-refractivity contribution in [3.8, 4) is 0 Å². The Kier molecular flexibility index (Phi) is 4.24. The van der Waals surface area contributed by atoms with Crippen molar-refractivity contribution in [3.63, 3.8) is 0 Å². The second kappa shape index (κ2) is 6.14. The van der Waals surface area contributed by atoms with Gasteiger partial charge in [-0.3, -0.25) is 4.79 Å². The van der Waals surface area contributed by atoms with Gasteiger partial charge in [0.05, 0.1) is 0 Å². The molecule has 1 amide bonds. The van der Waals surface area contributed by atoms with E-state index in [1.54, 1.807) is 0 Å². The highest BCUT2D eigenvalue weighted by Crippen LogP contribution is 2.32. The van der Waals surface area contributed by atoms with Gasteiger partial charge >= 0.3 is 0 Å². The van der Waals surface area contributed by atoms with Crippen molar-refractivity contribution in [1.29, 1.82) is 0 Å². The summed E-state index contributed by atoms with van der Waals surface area (Å²) in [6.07, 6.45) is 4.41. The molecule has 0 atom stereocenters. The summed E-state index contributed by atoms with van der Waals surface area (Å²) in [6.45, 7) is 1.82. The summed E-state index contributed by atoms with van der Waals surface area (Å²) >= 11 is 0. The average molecular weight is 290 g/mol. The average Bonchev–Trinajstić information content (AvgIpc) is 2.46. The fourth-order valence-electron chi connectivity index (χ4n) is 3.16. The molecule has 3 rings (SSSR count). The third-order valence-corrected chi connectivity index (χ3v) is 4.88. The highest BCUT2D eigenvalue weighted by Gasteiger charge is 2.43. The molecule has 2 fully saturated rings. The summed E-state index contributed by atoms with van der Waals surface area (Å²) in [7, 11) is 0. The summed E-state index contributed by atoms with van der Waals surface area (Å²) in [5, 5.41) is 2.75. The molecule has 21 heavy (non-hydrogen) atoms. The number of piperidine rings is 1. The second-order valence-electron chi connectivity index (χ2n) is 6.25. The minimum Gasteiger partial charge on any atom is -0.349 e. The molecule has 1 aromatic carbocycles. The number of nitrogens with zero attached hydrogens (tertiary/aromatic N) is 1. The number of carbonyl (C=O) groups is 1. The number of rotatable bonds is 4. The zero-order valence-electron chi connectivity index (χ0n) is 12.4. The monoisotopic (exact) mass is 290 g/mol. The van der Waals surface area contributed by atoms with Crippen LogP contribution in [0.1, 0.15) is 37.7 Å². The first-order valence-corrected chi connectivity index (χ1v) is 7.93. The van der Waals surface area contributed by atoms with Crippen LogP contribution in [0.5, 0.6) is 0 Å². The zero-order chi connectivity index (χ0) is 14.7. The van der Waals surface area contributed by atoms with Gasteiger partial charge in [-0.25, -0.2) is 4.39 Å². The van der Waals surface area contributed by atoms with Crippen molar-refractivity contribution in [2.24, 2.45) is 0 Å². The molecule has 1 saturated carbocycles. The van der Waals surface area contributed by atoms with E-state index in [0.29, 0.717) is 38.5 Å². The number of nitrogens with one attached hydrogen (secondary N) is 1. The van der Waals surface area contributed by atoms with E-state index in [1.807, 2.05) is 30.3 Å². The maximum atomic E-state index is 14.8. The predicted molar refractivity (Wildman–Crippen MR) is 80.6 cm³/mol. The van der Waals surface area contributed by atoms with Crippen LogP contribution < -0.4 is 5.32 Å². The lowest BCUT2D eigenvalue weighted by molar-refractivity contribution is -0.137. The minimum atomic E-state index is -1.69. The lowest BCUT2D eigenvalue weighted by atomic mass is 9.86. The number of halogens is 1. The fraction of sp³-hybridized carbons (Fsp3) is 0.588. The van der Waals surface area contributed by atoms with Gasteiger partial charge in [-0.2, -0.15) is 0 Å². The Bertz CT molecular complexity index is 479. The van der Waals surface area contributed by atoms with Crippen LogP contribution >= 0.6 is 0 Å². The molecule has 1 heterocycles. The summed E-state index contributed by atoms with van der Waals surface area (Å²) in [4.78, 5) is 14.5. The lowest BCUT2D eigenvalue weighted by Gasteiger charge is -2.43. The molecule has 0 aromatic heterocycles. The molecule has 1 N–H and O–H groups in total. The maximum Gasteiger partial charge on any atom is 0.258 e. The van der Waals surface area contributed by atoms with Crippen LogP contribution in [-0.4, -0.2) is 35.6 Å². The molecule has 3 nitrogen and oxygen atoms in total. The molecule has 0 spiro atoms. The van der Waals surface area contributed by atoms with Gasteiger partial charge in [0.2, 0.25) is 0 Å². The molecular weight excluding hydrogens is 267 g/mol. The van der Waals surface area contributed by atoms with Crippen LogP contribution in [0.15, 0.2) is 30.3 Å². The number of hydrogen-bond donors (Lipinski definition) is 1. The van der Waals surface area contributed by atoms with Crippen molar-refractivity contribution >= 4 is 5.91 Å². The van der Waals surface area contributed by atoms with Crippen LogP contribution in [0.3, 0.4) is 0 Å². The van der Waals surface area contributed by atoms with Gasteiger partial charge in [0.1, 0.15) is 0 Å². The highest BCUT2D eigenvalue weighted by molar-refractivity contribution is 5.85. The van der Waals surface area contributed by atoms with Crippen molar-refractivity contribution < 1.29 is 9.18 Å². The van der Waals surface area contributed by atoms with Gasteiger partial charge < -0.3 is 10.2 Å². The Balaban J connectivity index is 1.50. The predicted octanol–water partition coefficient (Wildman–Crippen LogP) is 2.66. The van der Waals surface area contributed by atoms with Gasteiger partial charge in [0, 0.05) is 38.5 Å². The van der Waals surface area contributed by atoms with E-state index in [1.165, 1.54) is 19.3 Å². The van der Waals surface area contributed by atoms with E-state index < -0.39 is 11.6 Å². The third-order valence-electron chi connectivity index (χ3n) is 4.88. The van der Waals surface area contributed by atoms with E-state index in [9.17, 15) is 9.18 Å². The Morgan fingerprint density at radius 2 is 1.90 bits per heavy atom. The van der Waals surface area contributed by atoms with Crippen LogP contribution in [0, 0.1) is 0 Å². The maximum absolute atomic E-state index is 14.8. The van der Waals surface area contributed by atoms with Gasteiger partial charge in [0.15, 0.2) is 5.67 Å². The first kappa shape index (κ1) is 14.5. The molecule has 1 aromatic rings. The number of hydrogen-bond acceptors (Lipinski definition) is 2. The molecule has 0 radical (unpaired) electrons. The van der Waals surface area contributed by atoms with Crippen molar-refractivity contribution in [3.05, 3.63) is 35.9 Å². The number of carbonyl (C=O) groups excluding carboxylic acids is 1. The Labute approximate surface area is 125 Å². The molecule has 4 heteroatoms. The van der Waals surface area contributed by atoms with Crippen molar-refractivity contribution in [2.75, 3.05) is 13.1 Å². The number of alkyl halides is 1. The highest BCUT2D eigenvalue weighted by atomic mass is 19.1. The van der Waals surface area contributed by atoms with Gasteiger partial charge in [-0.15, -0.1) is 0 Å². The lowest BCUT2D eigenvalue weighted by Crippen LogP contribution is -2.54. The molecule has 0 unspecified atom stereocenters. The molecule has 0 bridgehead atoms. The fourth-order valence-corrected chi connectivity index (χ4v) is 3.16. The Morgan fingerprint density at radius 1 is 1.24 bits per heavy atom.